The van der Waals surface area contributed by atoms with E-state index in [1.807, 2.05) is 0 Å². The minimum Gasteiger partial charge on any atom is -0.491 e. The van der Waals surface area contributed by atoms with Crippen LogP contribution in [0.15, 0.2) is 12.3 Å². The summed E-state index contributed by atoms with van der Waals surface area (Å²) >= 11 is 0. The highest BCUT2D eigenvalue weighted by molar-refractivity contribution is 5.93. The van der Waals surface area contributed by atoms with Gasteiger partial charge in [0.25, 0.3) is 0 Å². The average molecular weight is 227 g/mol. The van der Waals surface area contributed by atoms with Crippen LogP contribution in [0.5, 0.6) is 0 Å². The third-order valence-corrected chi connectivity index (χ3v) is 2.97. The van der Waals surface area contributed by atoms with Crippen molar-refractivity contribution in [1.29, 1.82) is 0 Å². The largest absolute Gasteiger partial charge is 0.491 e. The number of carbonyl (C=O) groups excluding carboxylic acids is 1. The quantitative estimate of drug-likeness (QED) is 0.301. The van der Waals surface area contributed by atoms with Crippen molar-refractivity contribution in [2.45, 2.75) is 38.6 Å². The van der Waals surface area contributed by atoms with Gasteiger partial charge in [0, 0.05) is 23.7 Å². The zero-order valence-electron chi connectivity index (χ0n) is 9.48. The molecule has 16 heavy (non-hydrogen) atoms. The molecule has 1 fully saturated rings. The highest BCUT2D eigenvalue weighted by atomic mass is 16.6. The molecule has 0 aromatic carbocycles. The Labute approximate surface area is 94.6 Å². The lowest BCUT2D eigenvalue weighted by Crippen LogP contribution is -2.26. The zero-order chi connectivity index (χ0) is 12.1. The van der Waals surface area contributed by atoms with Crippen molar-refractivity contribution in [3.8, 4) is 0 Å². The number of ketones is 1. The zero-order valence-corrected chi connectivity index (χ0v) is 9.48. The third-order valence-electron chi connectivity index (χ3n) is 2.97. The van der Waals surface area contributed by atoms with Crippen molar-refractivity contribution >= 4 is 5.78 Å². The van der Waals surface area contributed by atoms with Crippen molar-refractivity contribution in [2.75, 3.05) is 6.61 Å². The Morgan fingerprint density at radius 1 is 1.56 bits per heavy atom. The fourth-order valence-corrected chi connectivity index (χ4v) is 2.14. The van der Waals surface area contributed by atoms with Gasteiger partial charge < -0.3 is 4.74 Å². The highest BCUT2D eigenvalue weighted by Crippen LogP contribution is 2.31. The topological polar surface area (TPSA) is 69.4 Å². The van der Waals surface area contributed by atoms with Crippen LogP contribution in [0.3, 0.4) is 0 Å². The molecule has 90 valence electrons. The summed E-state index contributed by atoms with van der Waals surface area (Å²) in [4.78, 5) is 22.1. The molecule has 0 amide bonds. The van der Waals surface area contributed by atoms with Gasteiger partial charge in [-0.25, -0.2) is 0 Å². The van der Waals surface area contributed by atoms with Gasteiger partial charge in [0.1, 0.15) is 0 Å². The van der Waals surface area contributed by atoms with Crippen LogP contribution < -0.4 is 0 Å². The van der Waals surface area contributed by atoms with E-state index in [1.54, 1.807) is 6.92 Å². The minimum atomic E-state index is -0.571. The minimum absolute atomic E-state index is 0.122. The Hall–Kier alpha value is -1.39. The molecule has 0 bridgehead atoms. The van der Waals surface area contributed by atoms with Gasteiger partial charge in [0.2, 0.25) is 6.04 Å². The molecule has 1 aliphatic carbocycles. The van der Waals surface area contributed by atoms with Crippen LogP contribution in [0.2, 0.25) is 0 Å². The van der Waals surface area contributed by atoms with Gasteiger partial charge >= 0.3 is 0 Å². The van der Waals surface area contributed by atoms with Gasteiger partial charge in [-0.2, -0.15) is 0 Å². The van der Waals surface area contributed by atoms with Crippen molar-refractivity contribution < 1.29 is 14.5 Å². The van der Waals surface area contributed by atoms with Gasteiger partial charge in [-0.3, -0.25) is 14.9 Å². The lowest BCUT2D eigenvalue weighted by Gasteiger charge is -2.12. The molecule has 0 radical (unpaired) electrons. The molecular weight excluding hydrogens is 210 g/mol. The summed E-state index contributed by atoms with van der Waals surface area (Å²) in [6.45, 7) is 5.68. The fourth-order valence-electron chi connectivity index (χ4n) is 2.14. The van der Waals surface area contributed by atoms with Crippen LogP contribution in [0.1, 0.15) is 32.6 Å². The summed E-state index contributed by atoms with van der Waals surface area (Å²) in [7, 11) is 0. The van der Waals surface area contributed by atoms with E-state index >= 15 is 0 Å². The number of hydrogen-bond acceptors (Lipinski definition) is 4. The second kappa shape index (κ2) is 5.63. The van der Waals surface area contributed by atoms with E-state index in [1.165, 1.54) is 0 Å². The van der Waals surface area contributed by atoms with Gasteiger partial charge in [0.15, 0.2) is 11.5 Å². The van der Waals surface area contributed by atoms with Crippen LogP contribution in [0.25, 0.3) is 0 Å². The molecule has 0 aliphatic heterocycles. The predicted octanol–water partition coefficient (Wildman–Crippen LogP) is 1.94. The van der Waals surface area contributed by atoms with Gasteiger partial charge in [-0.1, -0.05) is 6.58 Å². The van der Waals surface area contributed by atoms with E-state index in [0.717, 1.165) is 12.8 Å². The van der Waals surface area contributed by atoms with E-state index in [0.29, 0.717) is 13.0 Å². The SMILES string of the molecule is C=C(OCC)C(=O)C[C@@H]1CCC[C@@H]1[N+](=O)[O-]. The molecule has 0 heterocycles. The normalized spacial score (nSPS) is 24.1. The first-order valence-electron chi connectivity index (χ1n) is 5.54. The summed E-state index contributed by atoms with van der Waals surface area (Å²) in [5.41, 5.74) is 0. The number of allylic oxidation sites excluding steroid dienone is 1. The molecule has 5 heteroatoms. The van der Waals surface area contributed by atoms with Crippen LogP contribution >= 0.6 is 0 Å². The monoisotopic (exact) mass is 227 g/mol. The van der Waals surface area contributed by atoms with Crippen molar-refractivity contribution in [3.63, 3.8) is 0 Å². The summed E-state index contributed by atoms with van der Waals surface area (Å²) < 4.78 is 5.00. The van der Waals surface area contributed by atoms with Gasteiger partial charge in [0.05, 0.1) is 6.61 Å². The van der Waals surface area contributed by atoms with Crippen LogP contribution in [0, 0.1) is 16.0 Å². The Balaban J connectivity index is 2.50. The number of rotatable bonds is 6. The van der Waals surface area contributed by atoms with E-state index < -0.39 is 6.04 Å². The Morgan fingerprint density at radius 3 is 2.81 bits per heavy atom. The van der Waals surface area contributed by atoms with Gasteiger partial charge in [-0.05, 0) is 19.8 Å². The van der Waals surface area contributed by atoms with E-state index in [-0.39, 0.29) is 28.8 Å². The molecule has 0 aromatic heterocycles. The molecule has 0 aromatic rings. The smallest absolute Gasteiger partial charge is 0.216 e. The predicted molar refractivity (Wildman–Crippen MR) is 58.5 cm³/mol. The first-order chi connectivity index (χ1) is 7.56. The molecule has 2 atom stereocenters. The maximum atomic E-state index is 11.6. The lowest BCUT2D eigenvalue weighted by atomic mass is 9.97. The highest BCUT2D eigenvalue weighted by Gasteiger charge is 2.37. The van der Waals surface area contributed by atoms with Crippen molar-refractivity contribution in [3.05, 3.63) is 22.5 Å². The lowest BCUT2D eigenvalue weighted by molar-refractivity contribution is -0.528. The second-order valence-corrected chi connectivity index (χ2v) is 4.03. The fraction of sp³-hybridized carbons (Fsp3) is 0.727. The van der Waals surface area contributed by atoms with Gasteiger partial charge in [-0.15, -0.1) is 0 Å². The molecular formula is C11H17NO4. The summed E-state index contributed by atoms with van der Waals surface area (Å²) in [6, 6.07) is -0.571. The molecule has 0 N–H and O–H groups in total. The first kappa shape index (κ1) is 12.7. The number of ether oxygens (including phenoxy) is 1. The van der Waals surface area contributed by atoms with Crippen molar-refractivity contribution in [1.82, 2.24) is 0 Å². The van der Waals surface area contributed by atoms with Crippen LogP contribution in [-0.4, -0.2) is 23.4 Å². The van der Waals surface area contributed by atoms with Crippen LogP contribution in [-0.2, 0) is 9.53 Å². The average Bonchev–Trinajstić information content (AvgIpc) is 2.66. The maximum absolute atomic E-state index is 11.6. The summed E-state index contributed by atoms with van der Waals surface area (Å²) in [6.07, 6.45) is 2.33. The number of nitrogens with zero attached hydrogens (tertiary/aromatic N) is 1. The molecule has 0 saturated heterocycles. The standard InChI is InChI=1S/C11H17NO4/c1-3-16-8(2)11(13)7-9-5-4-6-10(9)12(14)15/h9-10H,2-7H2,1H3/t9-,10-/m0/s1. The molecule has 0 spiro atoms. The second-order valence-electron chi connectivity index (χ2n) is 4.03. The third kappa shape index (κ3) is 3.05. The van der Waals surface area contributed by atoms with Crippen molar-refractivity contribution in [2.24, 2.45) is 5.92 Å². The summed E-state index contributed by atoms with van der Waals surface area (Å²) in [5, 5.41) is 10.7. The Bertz CT molecular complexity index is 300. The Morgan fingerprint density at radius 2 is 2.25 bits per heavy atom. The molecule has 0 unspecified atom stereocenters. The summed E-state index contributed by atoms with van der Waals surface area (Å²) in [5.74, 6) is -0.239. The van der Waals surface area contributed by atoms with Crippen LogP contribution in [0.4, 0.5) is 0 Å². The van der Waals surface area contributed by atoms with E-state index in [4.69, 9.17) is 4.74 Å². The van der Waals surface area contributed by atoms with E-state index in [9.17, 15) is 14.9 Å². The van der Waals surface area contributed by atoms with E-state index in [2.05, 4.69) is 6.58 Å². The number of nitro groups is 1. The molecule has 1 saturated carbocycles. The number of carbonyl (C=O) groups is 1. The number of Topliss-reactive ketones (excluding diaryl/α,β-unsaturated/α-hetero) is 1. The molecule has 5 nitrogen and oxygen atoms in total. The molecule has 1 rings (SSSR count). The first-order valence-corrected chi connectivity index (χ1v) is 5.54. The Kier molecular flexibility index (Phi) is 4.46. The maximum Gasteiger partial charge on any atom is 0.216 e. The number of hydrogen-bond donors (Lipinski definition) is 0. The molecule has 1 aliphatic rings.